The number of benzene rings is 1. The zero-order chi connectivity index (χ0) is 13.3. The van der Waals surface area contributed by atoms with Crippen LogP contribution in [0, 0.1) is 0 Å². The lowest BCUT2D eigenvalue weighted by Crippen LogP contribution is -2.32. The zero-order valence-corrected chi connectivity index (χ0v) is 10.4. The Bertz CT molecular complexity index is 541. The smallest absolute Gasteiger partial charge is 0.307 e. The van der Waals surface area contributed by atoms with Gasteiger partial charge in [-0.3, -0.25) is 14.4 Å². The summed E-state index contributed by atoms with van der Waals surface area (Å²) in [6.07, 6.45) is 0.0141. The van der Waals surface area contributed by atoms with Gasteiger partial charge in [-0.25, -0.2) is 0 Å². The second-order valence-corrected chi connectivity index (χ2v) is 4.16. The second-order valence-electron chi connectivity index (χ2n) is 3.75. The number of ether oxygens (including phenoxy) is 1. The Hall–Kier alpha value is -1.88. The molecule has 0 unspecified atom stereocenters. The van der Waals surface area contributed by atoms with Crippen molar-refractivity contribution in [1.82, 2.24) is 0 Å². The first-order chi connectivity index (χ1) is 8.56. The van der Waals surface area contributed by atoms with Crippen molar-refractivity contribution >= 4 is 34.9 Å². The fraction of sp³-hybridized carbons (Fsp3) is 0.250. The number of ketones is 1. The summed E-state index contributed by atoms with van der Waals surface area (Å²) < 4.78 is 4.50. The monoisotopic (exact) mass is 267 g/mol. The van der Waals surface area contributed by atoms with E-state index in [2.05, 4.69) is 4.74 Å². The van der Waals surface area contributed by atoms with Crippen molar-refractivity contribution in [3.05, 3.63) is 28.8 Å². The number of amides is 1. The van der Waals surface area contributed by atoms with Gasteiger partial charge in [-0.15, -0.1) is 0 Å². The molecule has 2 rings (SSSR count). The third kappa shape index (κ3) is 1.97. The highest BCUT2D eigenvalue weighted by Gasteiger charge is 2.37. The molecule has 1 heterocycles. The maximum absolute atomic E-state index is 11.8. The molecule has 0 fully saturated rings. The number of carbonyl (C=O) groups is 3. The van der Waals surface area contributed by atoms with Crippen LogP contribution in [0.4, 0.5) is 5.69 Å². The van der Waals surface area contributed by atoms with E-state index in [0.717, 1.165) is 0 Å². The van der Waals surface area contributed by atoms with Crippen molar-refractivity contribution in [3.63, 3.8) is 0 Å². The molecule has 0 bridgehead atoms. The summed E-state index contributed by atoms with van der Waals surface area (Å²) in [5, 5.41) is 0.316. The topological polar surface area (TPSA) is 63.7 Å². The lowest BCUT2D eigenvalue weighted by atomic mass is 10.1. The van der Waals surface area contributed by atoms with Crippen LogP contribution in [0.25, 0.3) is 0 Å². The van der Waals surface area contributed by atoms with Gasteiger partial charge in [0, 0.05) is 6.54 Å². The molecule has 0 aliphatic carbocycles. The molecule has 1 aromatic carbocycles. The van der Waals surface area contributed by atoms with Gasteiger partial charge in [-0.1, -0.05) is 17.7 Å². The summed E-state index contributed by atoms with van der Waals surface area (Å²) in [6.45, 7) is 0.0774. The lowest BCUT2D eigenvalue weighted by Gasteiger charge is -2.16. The molecule has 6 heteroatoms. The first kappa shape index (κ1) is 12.6. The number of anilines is 1. The second kappa shape index (κ2) is 4.78. The van der Waals surface area contributed by atoms with Crippen molar-refractivity contribution in [3.8, 4) is 0 Å². The Morgan fingerprint density at radius 3 is 2.78 bits per heavy atom. The Balaban J connectivity index is 2.31. The lowest BCUT2D eigenvalue weighted by molar-refractivity contribution is -0.140. The van der Waals surface area contributed by atoms with Gasteiger partial charge in [0.05, 0.1) is 29.8 Å². The maximum Gasteiger partial charge on any atom is 0.307 e. The number of hydrogen-bond donors (Lipinski definition) is 0. The fourth-order valence-corrected chi connectivity index (χ4v) is 2.11. The van der Waals surface area contributed by atoms with Gasteiger partial charge in [0.2, 0.25) is 0 Å². The minimum Gasteiger partial charge on any atom is -0.469 e. The van der Waals surface area contributed by atoms with Crippen molar-refractivity contribution < 1.29 is 19.1 Å². The first-order valence-corrected chi connectivity index (χ1v) is 5.65. The molecule has 0 atom stereocenters. The molecule has 0 spiro atoms. The van der Waals surface area contributed by atoms with E-state index in [4.69, 9.17) is 11.6 Å². The minimum absolute atomic E-state index is 0.0141. The van der Waals surface area contributed by atoms with Crippen LogP contribution in [-0.4, -0.2) is 31.3 Å². The molecule has 0 aromatic heterocycles. The van der Waals surface area contributed by atoms with Crippen LogP contribution in [0.1, 0.15) is 16.8 Å². The van der Waals surface area contributed by atoms with Crippen molar-refractivity contribution in [2.75, 3.05) is 18.6 Å². The third-order valence-electron chi connectivity index (χ3n) is 2.71. The van der Waals surface area contributed by atoms with Crippen molar-refractivity contribution in [1.29, 1.82) is 0 Å². The van der Waals surface area contributed by atoms with Gasteiger partial charge in [0.25, 0.3) is 11.7 Å². The standard InChI is InChI=1S/C12H10ClNO4/c1-18-9(15)5-6-14-10-7(11(16)12(14)17)3-2-4-8(10)13/h2-4H,5-6H2,1H3. The fourth-order valence-electron chi connectivity index (χ4n) is 1.83. The summed E-state index contributed by atoms with van der Waals surface area (Å²) in [7, 11) is 1.26. The van der Waals surface area contributed by atoms with E-state index in [0.29, 0.717) is 10.7 Å². The summed E-state index contributed by atoms with van der Waals surface area (Å²) in [4.78, 5) is 35.8. The van der Waals surface area contributed by atoms with Crippen molar-refractivity contribution in [2.45, 2.75) is 6.42 Å². The van der Waals surface area contributed by atoms with Crippen LogP contribution in [0.3, 0.4) is 0 Å². The quantitative estimate of drug-likeness (QED) is 0.614. The summed E-state index contributed by atoms with van der Waals surface area (Å²) >= 11 is 5.98. The summed E-state index contributed by atoms with van der Waals surface area (Å²) in [5.41, 5.74) is 0.649. The van der Waals surface area contributed by atoms with E-state index < -0.39 is 17.7 Å². The summed E-state index contributed by atoms with van der Waals surface area (Å²) in [5.74, 6) is -1.71. The zero-order valence-electron chi connectivity index (χ0n) is 9.60. The number of halogens is 1. The molecule has 0 saturated carbocycles. The molecule has 1 aliphatic rings. The average Bonchev–Trinajstić information content (AvgIpc) is 2.61. The summed E-state index contributed by atoms with van der Waals surface area (Å²) in [6, 6.07) is 4.74. The van der Waals surface area contributed by atoms with Crippen molar-refractivity contribution in [2.24, 2.45) is 0 Å². The Morgan fingerprint density at radius 2 is 2.11 bits per heavy atom. The van der Waals surface area contributed by atoms with E-state index in [1.807, 2.05) is 0 Å². The average molecular weight is 268 g/mol. The Morgan fingerprint density at radius 1 is 1.39 bits per heavy atom. The van der Waals surface area contributed by atoms with Crippen LogP contribution in [0.5, 0.6) is 0 Å². The van der Waals surface area contributed by atoms with E-state index >= 15 is 0 Å². The van der Waals surface area contributed by atoms with Crippen LogP contribution < -0.4 is 4.90 Å². The molecular weight excluding hydrogens is 258 g/mol. The highest BCUT2D eigenvalue weighted by molar-refractivity contribution is 6.54. The van der Waals surface area contributed by atoms with E-state index in [9.17, 15) is 14.4 Å². The predicted octanol–water partition coefficient (Wildman–Crippen LogP) is 1.43. The van der Waals surface area contributed by atoms with Gasteiger partial charge in [-0.2, -0.15) is 0 Å². The molecule has 1 amide bonds. The van der Waals surface area contributed by atoms with Gasteiger partial charge in [0.15, 0.2) is 0 Å². The molecule has 0 radical (unpaired) electrons. The number of Topliss-reactive ketones (excluding diaryl/α,β-unsaturated/α-hetero) is 1. The molecule has 5 nitrogen and oxygen atoms in total. The number of hydrogen-bond acceptors (Lipinski definition) is 4. The number of methoxy groups -OCH3 is 1. The number of para-hydroxylation sites is 1. The van der Waals surface area contributed by atoms with Gasteiger partial charge < -0.3 is 9.64 Å². The number of esters is 1. The van der Waals surface area contributed by atoms with Crippen LogP contribution in [0.15, 0.2) is 18.2 Å². The van der Waals surface area contributed by atoms with Crippen LogP contribution >= 0.6 is 11.6 Å². The molecule has 1 aliphatic heterocycles. The van der Waals surface area contributed by atoms with Crippen LogP contribution in [-0.2, 0) is 14.3 Å². The number of rotatable bonds is 3. The third-order valence-corrected chi connectivity index (χ3v) is 3.01. The number of nitrogens with zero attached hydrogens (tertiary/aromatic N) is 1. The number of fused-ring (bicyclic) bond motifs is 1. The highest BCUT2D eigenvalue weighted by atomic mass is 35.5. The Labute approximate surface area is 108 Å². The number of carbonyl (C=O) groups excluding carboxylic acids is 3. The Kier molecular flexibility index (Phi) is 3.34. The SMILES string of the molecule is COC(=O)CCN1C(=O)C(=O)c2cccc(Cl)c21. The molecular formula is C12H10ClNO4. The largest absolute Gasteiger partial charge is 0.469 e. The molecule has 94 valence electrons. The van der Waals surface area contributed by atoms with E-state index in [1.165, 1.54) is 12.0 Å². The molecule has 1 aromatic rings. The molecule has 0 N–H and O–H groups in total. The van der Waals surface area contributed by atoms with E-state index in [1.54, 1.807) is 18.2 Å². The normalized spacial score (nSPS) is 13.8. The highest BCUT2D eigenvalue weighted by Crippen LogP contribution is 2.35. The molecule has 0 saturated heterocycles. The van der Waals surface area contributed by atoms with Gasteiger partial charge in [-0.05, 0) is 12.1 Å². The van der Waals surface area contributed by atoms with Gasteiger partial charge in [0.1, 0.15) is 0 Å². The van der Waals surface area contributed by atoms with E-state index in [-0.39, 0.29) is 18.5 Å². The molecule has 18 heavy (non-hydrogen) atoms. The minimum atomic E-state index is -0.665. The maximum atomic E-state index is 11.8. The van der Waals surface area contributed by atoms with Crippen LogP contribution in [0.2, 0.25) is 5.02 Å². The van der Waals surface area contributed by atoms with Gasteiger partial charge >= 0.3 is 5.97 Å². The first-order valence-electron chi connectivity index (χ1n) is 5.27. The predicted molar refractivity (Wildman–Crippen MR) is 64.8 cm³/mol.